The molecule has 0 radical (unpaired) electrons. The molecule has 0 aliphatic carbocycles. The van der Waals surface area contributed by atoms with E-state index >= 15 is 0 Å². The van der Waals surface area contributed by atoms with Crippen LogP contribution in [0.2, 0.25) is 0 Å². The van der Waals surface area contributed by atoms with Gasteiger partial charge in [-0.1, -0.05) is 12.1 Å². The Hall–Kier alpha value is -2.80. The lowest BCUT2D eigenvalue weighted by Gasteiger charge is -2.08. The molecule has 0 atom stereocenters. The summed E-state index contributed by atoms with van der Waals surface area (Å²) in [5.74, 6) is -0.924. The Labute approximate surface area is 117 Å². The van der Waals surface area contributed by atoms with Crippen LogP contribution in [-0.2, 0) is 6.54 Å². The number of benzene rings is 2. The van der Waals surface area contributed by atoms with Crippen LogP contribution < -0.4 is 5.32 Å². The number of carboxylic acid groups (broad SMARTS) is 1. The van der Waals surface area contributed by atoms with Gasteiger partial charge in [-0.2, -0.15) is 5.26 Å². The van der Waals surface area contributed by atoms with Crippen LogP contribution in [-0.4, -0.2) is 11.1 Å². The van der Waals surface area contributed by atoms with Crippen molar-refractivity contribution in [2.45, 2.75) is 13.5 Å². The number of aromatic carboxylic acids is 1. The van der Waals surface area contributed by atoms with Gasteiger partial charge in [0.05, 0.1) is 17.2 Å². The summed E-state index contributed by atoms with van der Waals surface area (Å²) in [6.07, 6.45) is 0. The number of nitrogens with zero attached hydrogens (tertiary/aromatic N) is 1. The Balaban J connectivity index is 2.03. The number of carbonyl (C=O) groups is 1. The van der Waals surface area contributed by atoms with E-state index in [0.717, 1.165) is 16.8 Å². The predicted octanol–water partition coefficient (Wildman–Crippen LogP) is 3.18. The molecule has 2 rings (SSSR count). The van der Waals surface area contributed by atoms with Crippen molar-refractivity contribution in [1.82, 2.24) is 0 Å². The molecule has 0 bridgehead atoms. The molecule has 0 unspecified atom stereocenters. The molecule has 100 valence electrons. The lowest BCUT2D eigenvalue weighted by molar-refractivity contribution is 0.0697. The minimum absolute atomic E-state index is 0.281. The quantitative estimate of drug-likeness (QED) is 0.891. The van der Waals surface area contributed by atoms with Crippen molar-refractivity contribution < 1.29 is 9.90 Å². The third-order valence-corrected chi connectivity index (χ3v) is 3.04. The zero-order chi connectivity index (χ0) is 14.5. The molecule has 0 amide bonds. The fraction of sp³-hybridized carbons (Fsp3) is 0.125. The van der Waals surface area contributed by atoms with Gasteiger partial charge in [-0.05, 0) is 48.4 Å². The lowest BCUT2D eigenvalue weighted by Crippen LogP contribution is -2.01. The summed E-state index contributed by atoms with van der Waals surface area (Å²) >= 11 is 0. The number of carboxylic acids is 1. The zero-order valence-corrected chi connectivity index (χ0v) is 11.1. The van der Waals surface area contributed by atoms with Gasteiger partial charge < -0.3 is 10.4 Å². The topological polar surface area (TPSA) is 73.1 Å². The number of nitrogens with one attached hydrogen (secondary N) is 1. The maximum absolute atomic E-state index is 10.7. The maximum atomic E-state index is 10.7. The number of hydrogen-bond donors (Lipinski definition) is 2. The molecule has 20 heavy (non-hydrogen) atoms. The Morgan fingerprint density at radius 1 is 1.25 bits per heavy atom. The average Bonchev–Trinajstić information content (AvgIpc) is 2.45. The highest BCUT2D eigenvalue weighted by Crippen LogP contribution is 2.15. The molecular weight excluding hydrogens is 252 g/mol. The minimum Gasteiger partial charge on any atom is -0.478 e. The van der Waals surface area contributed by atoms with Gasteiger partial charge in [-0.3, -0.25) is 0 Å². The van der Waals surface area contributed by atoms with Crippen LogP contribution >= 0.6 is 0 Å². The first-order chi connectivity index (χ1) is 9.60. The Kier molecular flexibility index (Phi) is 4.02. The number of anilines is 1. The smallest absolute Gasteiger partial charge is 0.335 e. The molecule has 0 aliphatic heterocycles. The summed E-state index contributed by atoms with van der Waals surface area (Å²) in [6, 6.07) is 14.4. The molecule has 0 spiro atoms. The third-order valence-electron chi connectivity index (χ3n) is 3.04. The Morgan fingerprint density at radius 2 is 1.95 bits per heavy atom. The Morgan fingerprint density at radius 3 is 2.50 bits per heavy atom. The van der Waals surface area contributed by atoms with Crippen molar-refractivity contribution >= 4 is 11.7 Å². The van der Waals surface area contributed by atoms with Gasteiger partial charge in [0.2, 0.25) is 0 Å². The Bertz CT molecular complexity index is 670. The largest absolute Gasteiger partial charge is 0.478 e. The summed E-state index contributed by atoms with van der Waals surface area (Å²) in [7, 11) is 0. The van der Waals surface area contributed by atoms with E-state index in [1.807, 2.05) is 19.1 Å². The van der Waals surface area contributed by atoms with E-state index in [1.165, 1.54) is 0 Å². The van der Waals surface area contributed by atoms with Crippen LogP contribution in [0.3, 0.4) is 0 Å². The van der Waals surface area contributed by atoms with Gasteiger partial charge in [0.15, 0.2) is 0 Å². The van der Waals surface area contributed by atoms with Gasteiger partial charge in [0, 0.05) is 12.2 Å². The molecular formula is C16H14N2O2. The first-order valence-electron chi connectivity index (χ1n) is 6.17. The monoisotopic (exact) mass is 266 g/mol. The van der Waals surface area contributed by atoms with Crippen LogP contribution in [0, 0.1) is 18.3 Å². The van der Waals surface area contributed by atoms with E-state index in [9.17, 15) is 4.79 Å². The summed E-state index contributed by atoms with van der Waals surface area (Å²) in [5.41, 5.74) is 3.81. The number of aryl methyl sites for hydroxylation is 1. The highest BCUT2D eigenvalue weighted by Gasteiger charge is 2.02. The molecule has 2 N–H and O–H groups in total. The molecule has 0 saturated carbocycles. The summed E-state index contributed by atoms with van der Waals surface area (Å²) in [6.45, 7) is 2.50. The second-order valence-electron chi connectivity index (χ2n) is 4.50. The second-order valence-corrected chi connectivity index (χ2v) is 4.50. The van der Waals surface area contributed by atoms with E-state index in [4.69, 9.17) is 10.4 Å². The summed E-state index contributed by atoms with van der Waals surface area (Å²) in [5, 5.41) is 20.9. The van der Waals surface area contributed by atoms with E-state index in [1.54, 1.807) is 30.3 Å². The van der Waals surface area contributed by atoms with Gasteiger partial charge in [-0.25, -0.2) is 4.79 Å². The maximum Gasteiger partial charge on any atom is 0.335 e. The molecule has 4 heteroatoms. The van der Waals surface area contributed by atoms with Gasteiger partial charge in [0.25, 0.3) is 0 Å². The van der Waals surface area contributed by atoms with Crippen LogP contribution in [0.4, 0.5) is 5.69 Å². The predicted molar refractivity (Wildman–Crippen MR) is 76.6 cm³/mol. The molecule has 2 aromatic carbocycles. The molecule has 0 heterocycles. The van der Waals surface area contributed by atoms with Crippen LogP contribution in [0.15, 0.2) is 42.5 Å². The zero-order valence-electron chi connectivity index (χ0n) is 11.1. The fourth-order valence-electron chi connectivity index (χ4n) is 1.87. The number of nitriles is 1. The van der Waals surface area contributed by atoms with Crippen molar-refractivity contribution in [2.75, 3.05) is 5.32 Å². The van der Waals surface area contributed by atoms with Crippen molar-refractivity contribution in [2.24, 2.45) is 0 Å². The lowest BCUT2D eigenvalue weighted by atomic mass is 10.1. The normalized spacial score (nSPS) is 9.80. The van der Waals surface area contributed by atoms with Crippen LogP contribution in [0.25, 0.3) is 0 Å². The third kappa shape index (κ3) is 3.15. The van der Waals surface area contributed by atoms with E-state index in [-0.39, 0.29) is 5.56 Å². The van der Waals surface area contributed by atoms with Crippen molar-refractivity contribution in [3.63, 3.8) is 0 Å². The molecule has 0 aromatic heterocycles. The van der Waals surface area contributed by atoms with Crippen LogP contribution in [0.1, 0.15) is 27.0 Å². The first kappa shape index (κ1) is 13.6. The molecule has 0 saturated heterocycles. The molecule has 0 aliphatic rings. The summed E-state index contributed by atoms with van der Waals surface area (Å²) < 4.78 is 0. The van der Waals surface area contributed by atoms with Gasteiger partial charge >= 0.3 is 5.97 Å². The van der Waals surface area contributed by atoms with Crippen molar-refractivity contribution in [3.8, 4) is 6.07 Å². The second kappa shape index (κ2) is 5.89. The summed E-state index contributed by atoms with van der Waals surface area (Å²) in [4.78, 5) is 10.7. The SMILES string of the molecule is Cc1cc(NCc2ccc(C(=O)O)cc2)ccc1C#N. The highest BCUT2D eigenvalue weighted by molar-refractivity contribution is 5.87. The van der Waals surface area contributed by atoms with Crippen LogP contribution in [0.5, 0.6) is 0 Å². The minimum atomic E-state index is -0.924. The van der Waals surface area contributed by atoms with E-state index < -0.39 is 5.97 Å². The molecule has 2 aromatic rings. The van der Waals surface area contributed by atoms with Crippen molar-refractivity contribution in [1.29, 1.82) is 5.26 Å². The van der Waals surface area contributed by atoms with Gasteiger partial charge in [-0.15, -0.1) is 0 Å². The molecule has 4 nitrogen and oxygen atoms in total. The van der Waals surface area contributed by atoms with E-state index in [2.05, 4.69) is 11.4 Å². The van der Waals surface area contributed by atoms with Gasteiger partial charge in [0.1, 0.15) is 0 Å². The van der Waals surface area contributed by atoms with E-state index in [0.29, 0.717) is 12.1 Å². The standard InChI is InChI=1S/C16H14N2O2/c1-11-8-15(7-6-14(11)9-17)18-10-12-2-4-13(5-3-12)16(19)20/h2-8,18H,10H2,1H3,(H,19,20). The number of rotatable bonds is 4. The number of hydrogen-bond acceptors (Lipinski definition) is 3. The highest BCUT2D eigenvalue weighted by atomic mass is 16.4. The fourth-order valence-corrected chi connectivity index (χ4v) is 1.87. The first-order valence-corrected chi connectivity index (χ1v) is 6.17. The van der Waals surface area contributed by atoms with Crippen molar-refractivity contribution in [3.05, 3.63) is 64.7 Å². The average molecular weight is 266 g/mol. The molecule has 0 fully saturated rings.